The van der Waals surface area contributed by atoms with Gasteiger partial charge in [-0.25, -0.2) is 8.78 Å². The first kappa shape index (κ1) is 25.7. The lowest BCUT2D eigenvalue weighted by atomic mass is 9.95. The molecule has 0 aliphatic carbocycles. The summed E-state index contributed by atoms with van der Waals surface area (Å²) in [6.45, 7) is 6.51. The van der Waals surface area contributed by atoms with Gasteiger partial charge in [0.25, 0.3) is 0 Å². The molecule has 0 amide bonds. The fraction of sp³-hybridized carbons (Fsp3) is 0.267. The van der Waals surface area contributed by atoms with Crippen molar-refractivity contribution in [3.05, 3.63) is 102 Å². The quantitative estimate of drug-likeness (QED) is 0.284. The molecule has 0 bridgehead atoms. The van der Waals surface area contributed by atoms with Crippen molar-refractivity contribution < 1.29 is 27.4 Å². The van der Waals surface area contributed by atoms with Crippen LogP contribution in [0, 0.1) is 17.5 Å². The number of ether oxygens (including phenoxy) is 3. The molecule has 0 atom stereocenters. The Morgan fingerprint density at radius 3 is 2.22 bits per heavy atom. The summed E-state index contributed by atoms with van der Waals surface area (Å²) in [6.07, 6.45) is 6.99. The van der Waals surface area contributed by atoms with Gasteiger partial charge in [0.2, 0.25) is 5.82 Å². The van der Waals surface area contributed by atoms with E-state index in [1.54, 1.807) is 30.3 Å². The third-order valence-corrected chi connectivity index (χ3v) is 6.15. The molecule has 0 spiro atoms. The van der Waals surface area contributed by atoms with Crippen LogP contribution in [0.2, 0.25) is 0 Å². The van der Waals surface area contributed by atoms with E-state index in [4.69, 9.17) is 14.2 Å². The molecular weight excluding hydrogens is 465 g/mol. The second-order valence-corrected chi connectivity index (χ2v) is 8.60. The van der Waals surface area contributed by atoms with Crippen LogP contribution in [-0.4, -0.2) is 26.1 Å². The second kappa shape index (κ2) is 12.1. The first-order chi connectivity index (χ1) is 17.5. The molecular formula is C30H29F3O3. The van der Waals surface area contributed by atoms with Crippen LogP contribution in [0.1, 0.15) is 31.2 Å². The minimum absolute atomic E-state index is 0.0369. The fourth-order valence-corrected chi connectivity index (χ4v) is 4.16. The number of rotatable bonds is 9. The molecule has 0 radical (unpaired) electrons. The van der Waals surface area contributed by atoms with Crippen LogP contribution in [0.15, 0.2) is 79.4 Å². The Hall–Kier alpha value is -3.35. The molecule has 1 saturated heterocycles. The normalized spacial score (nSPS) is 17.9. The van der Waals surface area contributed by atoms with Gasteiger partial charge in [-0.1, -0.05) is 61.2 Å². The van der Waals surface area contributed by atoms with E-state index >= 15 is 4.39 Å². The summed E-state index contributed by atoms with van der Waals surface area (Å²) in [5.41, 5.74) is 2.45. The van der Waals surface area contributed by atoms with Gasteiger partial charge in [-0.2, -0.15) is 4.39 Å². The lowest BCUT2D eigenvalue weighted by molar-refractivity contribution is -0.189. The monoisotopic (exact) mass is 494 g/mol. The van der Waals surface area contributed by atoms with E-state index in [1.807, 2.05) is 19.1 Å². The minimum atomic E-state index is -1.06. The molecule has 1 fully saturated rings. The van der Waals surface area contributed by atoms with Crippen molar-refractivity contribution >= 4 is 0 Å². The van der Waals surface area contributed by atoms with Crippen molar-refractivity contribution in [1.82, 2.24) is 0 Å². The molecule has 1 heterocycles. The van der Waals surface area contributed by atoms with Crippen LogP contribution in [0.3, 0.4) is 0 Å². The average molecular weight is 495 g/mol. The Balaban J connectivity index is 1.45. The van der Waals surface area contributed by atoms with E-state index in [-0.39, 0.29) is 35.9 Å². The summed E-state index contributed by atoms with van der Waals surface area (Å²) in [4.78, 5) is 0. The van der Waals surface area contributed by atoms with Crippen molar-refractivity contribution in [3.63, 3.8) is 0 Å². The molecule has 3 nitrogen and oxygen atoms in total. The number of benzene rings is 3. The molecule has 4 rings (SSSR count). The number of hydrogen-bond donors (Lipinski definition) is 0. The van der Waals surface area contributed by atoms with E-state index < -0.39 is 11.6 Å². The lowest BCUT2D eigenvalue weighted by Crippen LogP contribution is -2.30. The number of allylic oxidation sites excluding steroid dienone is 2. The largest absolute Gasteiger partial charge is 0.486 e. The molecule has 6 heteroatoms. The first-order valence-electron chi connectivity index (χ1n) is 12.0. The van der Waals surface area contributed by atoms with Crippen molar-refractivity contribution in [3.8, 4) is 28.0 Å². The van der Waals surface area contributed by atoms with Crippen LogP contribution in [0.25, 0.3) is 22.3 Å². The SMILES string of the molecule is C=CCOc1ccc(-c2ccc(-c3ccc(C4COC(CC/C=C/C)OC4)cc3F)cc2)c(F)c1F. The van der Waals surface area contributed by atoms with Gasteiger partial charge in [0.15, 0.2) is 17.9 Å². The zero-order valence-corrected chi connectivity index (χ0v) is 20.2. The third kappa shape index (κ3) is 5.89. The summed E-state index contributed by atoms with van der Waals surface area (Å²) < 4.78 is 60.7. The van der Waals surface area contributed by atoms with Gasteiger partial charge in [0, 0.05) is 23.5 Å². The van der Waals surface area contributed by atoms with Gasteiger partial charge < -0.3 is 14.2 Å². The second-order valence-electron chi connectivity index (χ2n) is 8.60. The first-order valence-corrected chi connectivity index (χ1v) is 12.0. The Labute approximate surface area is 209 Å². The highest BCUT2D eigenvalue weighted by Crippen LogP contribution is 2.33. The summed E-state index contributed by atoms with van der Waals surface area (Å²) in [5, 5.41) is 0. The predicted octanol–water partition coefficient (Wildman–Crippen LogP) is 7.82. The van der Waals surface area contributed by atoms with Gasteiger partial charge in [0.05, 0.1) is 13.2 Å². The molecule has 0 aromatic heterocycles. The highest BCUT2D eigenvalue weighted by atomic mass is 19.2. The van der Waals surface area contributed by atoms with E-state index in [2.05, 4.69) is 12.7 Å². The Morgan fingerprint density at radius 1 is 0.917 bits per heavy atom. The maximum atomic E-state index is 15.0. The molecule has 0 unspecified atom stereocenters. The van der Waals surface area contributed by atoms with Crippen molar-refractivity contribution in [2.24, 2.45) is 0 Å². The van der Waals surface area contributed by atoms with Crippen LogP contribution in [-0.2, 0) is 9.47 Å². The van der Waals surface area contributed by atoms with Gasteiger partial charge >= 0.3 is 0 Å². The average Bonchev–Trinajstić information content (AvgIpc) is 2.90. The lowest BCUT2D eigenvalue weighted by Gasteiger charge is -2.29. The Kier molecular flexibility index (Phi) is 8.62. The minimum Gasteiger partial charge on any atom is -0.486 e. The zero-order chi connectivity index (χ0) is 25.5. The van der Waals surface area contributed by atoms with Crippen LogP contribution in [0.5, 0.6) is 5.75 Å². The highest BCUT2D eigenvalue weighted by molar-refractivity contribution is 5.71. The Morgan fingerprint density at radius 2 is 1.58 bits per heavy atom. The van der Waals surface area contributed by atoms with Crippen LogP contribution < -0.4 is 4.74 Å². The van der Waals surface area contributed by atoms with Crippen molar-refractivity contribution in [1.29, 1.82) is 0 Å². The molecule has 0 saturated carbocycles. The molecule has 3 aromatic carbocycles. The number of halogens is 3. The molecule has 1 aliphatic heterocycles. The van der Waals surface area contributed by atoms with Gasteiger partial charge in [-0.3, -0.25) is 0 Å². The van der Waals surface area contributed by atoms with Gasteiger partial charge in [-0.15, -0.1) is 0 Å². The van der Waals surface area contributed by atoms with Gasteiger partial charge in [0.1, 0.15) is 12.4 Å². The van der Waals surface area contributed by atoms with Crippen LogP contribution in [0.4, 0.5) is 13.2 Å². The number of hydrogen-bond acceptors (Lipinski definition) is 3. The topological polar surface area (TPSA) is 27.7 Å². The summed E-state index contributed by atoms with van der Waals surface area (Å²) >= 11 is 0. The third-order valence-electron chi connectivity index (χ3n) is 6.15. The maximum Gasteiger partial charge on any atom is 0.201 e. The van der Waals surface area contributed by atoms with Crippen molar-refractivity contribution in [2.45, 2.75) is 32.0 Å². The highest BCUT2D eigenvalue weighted by Gasteiger charge is 2.24. The fourth-order valence-electron chi connectivity index (χ4n) is 4.16. The summed E-state index contributed by atoms with van der Waals surface area (Å²) in [5.74, 6) is -2.63. The standard InChI is InChI=1S/C30H29F3O3/c1-3-5-6-7-28-35-18-23(19-36-28)22-12-13-24(26(31)17-22)20-8-10-21(11-9-20)25-14-15-27(34-16-4-2)30(33)29(25)32/h3-5,8-15,17,23,28H,2,6-7,16,18-19H2,1H3/b5-3+. The predicted molar refractivity (Wildman–Crippen MR) is 135 cm³/mol. The van der Waals surface area contributed by atoms with Crippen molar-refractivity contribution in [2.75, 3.05) is 19.8 Å². The van der Waals surface area contributed by atoms with E-state index in [9.17, 15) is 8.78 Å². The molecule has 0 N–H and O–H groups in total. The van der Waals surface area contributed by atoms with Gasteiger partial charge in [-0.05, 0) is 48.2 Å². The summed E-state index contributed by atoms with van der Waals surface area (Å²) in [7, 11) is 0. The van der Waals surface area contributed by atoms with Crippen LogP contribution >= 0.6 is 0 Å². The molecule has 36 heavy (non-hydrogen) atoms. The molecule has 3 aromatic rings. The summed E-state index contributed by atoms with van der Waals surface area (Å²) in [6, 6.07) is 14.6. The Bertz CT molecular complexity index is 1210. The molecule has 1 aliphatic rings. The van der Waals surface area contributed by atoms with E-state index in [1.165, 1.54) is 24.3 Å². The van der Waals surface area contributed by atoms with E-state index in [0.29, 0.717) is 29.9 Å². The van der Waals surface area contributed by atoms with E-state index in [0.717, 1.165) is 18.4 Å². The maximum absolute atomic E-state index is 15.0. The zero-order valence-electron chi connectivity index (χ0n) is 20.2. The molecule has 188 valence electrons. The smallest absolute Gasteiger partial charge is 0.201 e.